The zero-order valence-electron chi connectivity index (χ0n) is 16.0. The third kappa shape index (κ3) is 4.22. The molecule has 3 aromatic rings. The summed E-state index contributed by atoms with van der Waals surface area (Å²) in [5.74, 6) is -0.241. The maximum Gasteiger partial charge on any atom is 0.267 e. The van der Waals surface area contributed by atoms with Crippen LogP contribution >= 0.6 is 0 Å². The number of benzene rings is 2. The number of hydrogen-bond acceptors (Lipinski definition) is 5. The van der Waals surface area contributed by atoms with E-state index in [1.807, 2.05) is 30.3 Å². The number of rotatable bonds is 7. The van der Waals surface area contributed by atoms with E-state index in [0.29, 0.717) is 23.9 Å². The van der Waals surface area contributed by atoms with Gasteiger partial charge in [0, 0.05) is 18.5 Å². The summed E-state index contributed by atoms with van der Waals surface area (Å²) in [5, 5.41) is 22.5. The van der Waals surface area contributed by atoms with Crippen LogP contribution in [0.25, 0.3) is 10.9 Å². The number of aromatic nitrogens is 1. The molecule has 0 saturated heterocycles. The topological polar surface area (TPSA) is 104 Å². The number of carbonyl (C=O) groups is 1. The number of nitrogens with one attached hydrogen (secondary N) is 1. The number of carbonyl (C=O) groups excluding carboxylic acids is 1. The Bertz CT molecular complexity index is 1130. The molecule has 0 bridgehead atoms. The maximum atomic E-state index is 12.9. The number of pyridine rings is 1. The van der Waals surface area contributed by atoms with Gasteiger partial charge in [-0.05, 0) is 36.2 Å². The predicted octanol–water partition coefficient (Wildman–Crippen LogP) is 2.60. The lowest BCUT2D eigenvalue weighted by atomic mass is 10.1. The highest BCUT2D eigenvalue weighted by Crippen LogP contribution is 2.26. The van der Waals surface area contributed by atoms with Gasteiger partial charge in [0.05, 0.1) is 25.1 Å². The van der Waals surface area contributed by atoms with Crippen LogP contribution in [0.2, 0.25) is 0 Å². The average molecular weight is 391 g/mol. The van der Waals surface area contributed by atoms with Crippen molar-refractivity contribution in [1.29, 1.82) is 5.26 Å². The van der Waals surface area contributed by atoms with Crippen molar-refractivity contribution in [2.45, 2.75) is 19.4 Å². The van der Waals surface area contributed by atoms with Crippen molar-refractivity contribution in [3.05, 3.63) is 70.0 Å². The summed E-state index contributed by atoms with van der Waals surface area (Å²) in [6.07, 6.45) is 0.680. The number of hydrogen-bond donors (Lipinski definition) is 2. The standard InChI is InChI=1S/C22H21N3O4/c1-29-16-9-7-15(8-10-16)11-13-24-21(27)19-20(26)17-5-2-3-6-18(17)25(22(19)28)14-4-12-23/h2-3,5-10,26H,4,11,13-14H2,1H3,(H,24,27). The van der Waals surface area contributed by atoms with Gasteiger partial charge in [-0.1, -0.05) is 24.3 Å². The minimum absolute atomic E-state index is 0.118. The molecular weight excluding hydrogens is 370 g/mol. The summed E-state index contributed by atoms with van der Waals surface area (Å²) in [4.78, 5) is 25.6. The summed E-state index contributed by atoms with van der Waals surface area (Å²) in [6.45, 7) is 0.442. The van der Waals surface area contributed by atoms with E-state index < -0.39 is 11.5 Å². The molecular formula is C22H21N3O4. The van der Waals surface area contributed by atoms with Gasteiger partial charge < -0.3 is 19.7 Å². The molecule has 0 spiro atoms. The van der Waals surface area contributed by atoms with E-state index in [-0.39, 0.29) is 24.3 Å². The molecule has 29 heavy (non-hydrogen) atoms. The van der Waals surface area contributed by atoms with Gasteiger partial charge in [-0.15, -0.1) is 0 Å². The third-order valence-corrected chi connectivity index (χ3v) is 4.68. The van der Waals surface area contributed by atoms with E-state index in [9.17, 15) is 14.7 Å². The fourth-order valence-corrected chi connectivity index (χ4v) is 3.18. The molecule has 0 saturated carbocycles. The first-order valence-electron chi connectivity index (χ1n) is 9.19. The molecule has 2 N–H and O–H groups in total. The fraction of sp³-hybridized carbons (Fsp3) is 0.227. The molecule has 2 aromatic carbocycles. The minimum Gasteiger partial charge on any atom is -0.506 e. The minimum atomic E-state index is -0.641. The number of ether oxygens (including phenoxy) is 1. The van der Waals surface area contributed by atoms with Gasteiger partial charge in [0.15, 0.2) is 0 Å². The Kier molecular flexibility index (Phi) is 6.15. The lowest BCUT2D eigenvalue weighted by molar-refractivity contribution is 0.0949. The Morgan fingerprint density at radius 3 is 2.62 bits per heavy atom. The number of methoxy groups -OCH3 is 1. The first-order chi connectivity index (χ1) is 14.1. The van der Waals surface area contributed by atoms with Crippen LogP contribution in [-0.4, -0.2) is 29.2 Å². The van der Waals surface area contributed by atoms with Crippen molar-refractivity contribution >= 4 is 16.8 Å². The quantitative estimate of drug-likeness (QED) is 0.644. The van der Waals surface area contributed by atoms with Crippen molar-refractivity contribution < 1.29 is 14.6 Å². The van der Waals surface area contributed by atoms with Gasteiger partial charge in [-0.25, -0.2) is 0 Å². The van der Waals surface area contributed by atoms with E-state index in [2.05, 4.69) is 5.32 Å². The van der Waals surface area contributed by atoms with Crippen LogP contribution in [0.15, 0.2) is 53.3 Å². The number of para-hydroxylation sites is 1. The smallest absolute Gasteiger partial charge is 0.267 e. The van der Waals surface area contributed by atoms with E-state index in [0.717, 1.165) is 11.3 Å². The van der Waals surface area contributed by atoms with Gasteiger partial charge in [0.1, 0.15) is 17.1 Å². The number of aromatic hydroxyl groups is 1. The first-order valence-corrected chi connectivity index (χ1v) is 9.19. The highest BCUT2D eigenvalue weighted by Gasteiger charge is 2.21. The number of aryl methyl sites for hydroxylation is 1. The molecule has 1 aromatic heterocycles. The molecule has 0 aliphatic rings. The summed E-state index contributed by atoms with van der Waals surface area (Å²) < 4.78 is 6.47. The number of fused-ring (bicyclic) bond motifs is 1. The monoisotopic (exact) mass is 391 g/mol. The second kappa shape index (κ2) is 8.93. The van der Waals surface area contributed by atoms with Crippen molar-refractivity contribution in [3.8, 4) is 17.6 Å². The molecule has 0 radical (unpaired) electrons. The Morgan fingerprint density at radius 2 is 1.93 bits per heavy atom. The van der Waals surface area contributed by atoms with E-state index >= 15 is 0 Å². The lowest BCUT2D eigenvalue weighted by Crippen LogP contribution is -2.34. The lowest BCUT2D eigenvalue weighted by Gasteiger charge is -2.14. The molecule has 1 heterocycles. The van der Waals surface area contributed by atoms with Gasteiger partial charge >= 0.3 is 0 Å². The third-order valence-electron chi connectivity index (χ3n) is 4.68. The predicted molar refractivity (Wildman–Crippen MR) is 109 cm³/mol. The van der Waals surface area contributed by atoms with Crippen LogP contribution in [0, 0.1) is 11.3 Å². The number of nitriles is 1. The number of nitrogens with zero attached hydrogens (tertiary/aromatic N) is 2. The molecule has 7 heteroatoms. The Hall–Kier alpha value is -3.79. The van der Waals surface area contributed by atoms with Crippen LogP contribution in [0.1, 0.15) is 22.3 Å². The molecule has 0 aliphatic heterocycles. The first kappa shape index (κ1) is 20.0. The molecule has 0 atom stereocenters. The average Bonchev–Trinajstić information content (AvgIpc) is 2.74. The zero-order valence-corrected chi connectivity index (χ0v) is 16.0. The van der Waals surface area contributed by atoms with Crippen molar-refractivity contribution in [1.82, 2.24) is 9.88 Å². The second-order valence-electron chi connectivity index (χ2n) is 6.46. The van der Waals surface area contributed by atoms with E-state index in [1.54, 1.807) is 31.4 Å². The van der Waals surface area contributed by atoms with Crippen LogP contribution < -0.4 is 15.6 Å². The Labute approximate surface area is 167 Å². The van der Waals surface area contributed by atoms with E-state index in [4.69, 9.17) is 10.00 Å². The SMILES string of the molecule is COc1ccc(CCNC(=O)c2c(O)c3ccccc3n(CCC#N)c2=O)cc1. The van der Waals surface area contributed by atoms with Crippen LogP contribution in [-0.2, 0) is 13.0 Å². The molecule has 0 fully saturated rings. The van der Waals surface area contributed by atoms with Crippen LogP contribution in [0.3, 0.4) is 0 Å². The van der Waals surface area contributed by atoms with Gasteiger partial charge in [-0.2, -0.15) is 5.26 Å². The molecule has 3 rings (SSSR count). The largest absolute Gasteiger partial charge is 0.506 e. The fourth-order valence-electron chi connectivity index (χ4n) is 3.18. The van der Waals surface area contributed by atoms with Gasteiger partial charge in [-0.3, -0.25) is 9.59 Å². The summed E-state index contributed by atoms with van der Waals surface area (Å²) in [5.41, 5.74) is 0.565. The summed E-state index contributed by atoms with van der Waals surface area (Å²) >= 11 is 0. The molecule has 148 valence electrons. The normalized spacial score (nSPS) is 10.5. The molecule has 7 nitrogen and oxygen atoms in total. The van der Waals surface area contributed by atoms with Crippen molar-refractivity contribution in [2.75, 3.05) is 13.7 Å². The second-order valence-corrected chi connectivity index (χ2v) is 6.46. The van der Waals surface area contributed by atoms with Crippen LogP contribution in [0.5, 0.6) is 11.5 Å². The Morgan fingerprint density at radius 1 is 1.21 bits per heavy atom. The van der Waals surface area contributed by atoms with Gasteiger partial charge in [0.25, 0.3) is 11.5 Å². The van der Waals surface area contributed by atoms with Gasteiger partial charge in [0.2, 0.25) is 0 Å². The molecule has 1 amide bonds. The highest BCUT2D eigenvalue weighted by atomic mass is 16.5. The molecule has 0 unspecified atom stereocenters. The summed E-state index contributed by atoms with van der Waals surface area (Å²) in [6, 6.07) is 16.2. The maximum absolute atomic E-state index is 12.9. The highest BCUT2D eigenvalue weighted by molar-refractivity contribution is 6.02. The summed E-state index contributed by atoms with van der Waals surface area (Å²) in [7, 11) is 1.59. The van der Waals surface area contributed by atoms with Crippen molar-refractivity contribution in [3.63, 3.8) is 0 Å². The van der Waals surface area contributed by atoms with E-state index in [1.165, 1.54) is 4.57 Å². The Balaban J connectivity index is 1.84. The number of amides is 1. The zero-order chi connectivity index (χ0) is 20.8. The van der Waals surface area contributed by atoms with Crippen molar-refractivity contribution in [2.24, 2.45) is 0 Å². The molecule has 0 aliphatic carbocycles. The van der Waals surface area contributed by atoms with Crippen LogP contribution in [0.4, 0.5) is 0 Å².